The normalized spacial score (nSPS) is 15.8. The minimum Gasteiger partial charge on any atom is -0.481 e. The van der Waals surface area contributed by atoms with Gasteiger partial charge in [0, 0.05) is 19.1 Å². The molecule has 1 aliphatic rings. The lowest BCUT2D eigenvalue weighted by atomic mass is 9.94. The number of aliphatic carboxylic acids is 1. The van der Waals surface area contributed by atoms with Crippen LogP contribution < -0.4 is 0 Å². The van der Waals surface area contributed by atoms with Gasteiger partial charge in [-0.3, -0.25) is 14.5 Å². The molecule has 1 fully saturated rings. The van der Waals surface area contributed by atoms with Gasteiger partial charge in [-0.25, -0.2) is 0 Å². The molecule has 1 rings (SSSR count). The molecule has 1 saturated carbocycles. The summed E-state index contributed by atoms with van der Waals surface area (Å²) in [5, 5.41) is 8.63. The Bertz CT molecular complexity index is 307. The predicted molar refractivity (Wildman–Crippen MR) is 81.3 cm³/mol. The SMILES string of the molecule is CCN(C(=O)CN(C)CCC(=O)O)C1CCCCC1.Cl. The molecular formula is C14H27ClN2O3. The summed E-state index contributed by atoms with van der Waals surface area (Å²) in [7, 11) is 1.80. The molecule has 0 saturated heterocycles. The van der Waals surface area contributed by atoms with E-state index in [0.29, 0.717) is 19.1 Å². The van der Waals surface area contributed by atoms with E-state index in [2.05, 4.69) is 0 Å². The summed E-state index contributed by atoms with van der Waals surface area (Å²) in [5.74, 6) is -0.693. The molecule has 5 nitrogen and oxygen atoms in total. The molecule has 1 amide bonds. The Balaban J connectivity index is 0.00000361. The fraction of sp³-hybridized carbons (Fsp3) is 0.857. The first-order valence-electron chi connectivity index (χ1n) is 7.24. The van der Waals surface area contributed by atoms with E-state index in [4.69, 9.17) is 5.11 Å². The first-order valence-corrected chi connectivity index (χ1v) is 7.24. The van der Waals surface area contributed by atoms with Gasteiger partial charge in [-0.15, -0.1) is 12.4 Å². The van der Waals surface area contributed by atoms with Crippen molar-refractivity contribution in [1.82, 2.24) is 9.80 Å². The third-order valence-electron chi connectivity index (χ3n) is 3.79. The summed E-state index contributed by atoms with van der Waals surface area (Å²) in [6.45, 7) is 3.50. The number of halogens is 1. The zero-order valence-corrected chi connectivity index (χ0v) is 13.3. The highest BCUT2D eigenvalue weighted by atomic mass is 35.5. The Morgan fingerprint density at radius 1 is 1.20 bits per heavy atom. The summed E-state index contributed by atoms with van der Waals surface area (Å²) in [6.07, 6.45) is 6.00. The molecular weight excluding hydrogens is 280 g/mol. The number of amides is 1. The van der Waals surface area contributed by atoms with Gasteiger partial charge in [0.1, 0.15) is 0 Å². The van der Waals surface area contributed by atoms with Gasteiger partial charge >= 0.3 is 5.97 Å². The molecule has 0 bridgehead atoms. The number of hydrogen-bond acceptors (Lipinski definition) is 3. The zero-order chi connectivity index (χ0) is 14.3. The summed E-state index contributed by atoms with van der Waals surface area (Å²) in [5.41, 5.74) is 0. The fourth-order valence-corrected chi connectivity index (χ4v) is 2.72. The van der Waals surface area contributed by atoms with Crippen molar-refractivity contribution < 1.29 is 14.7 Å². The van der Waals surface area contributed by atoms with Crippen molar-refractivity contribution in [3.8, 4) is 0 Å². The minimum atomic E-state index is -0.820. The lowest BCUT2D eigenvalue weighted by Gasteiger charge is -2.34. The molecule has 20 heavy (non-hydrogen) atoms. The van der Waals surface area contributed by atoms with Crippen LogP contribution in [-0.2, 0) is 9.59 Å². The maximum absolute atomic E-state index is 12.3. The second-order valence-corrected chi connectivity index (χ2v) is 5.35. The third-order valence-corrected chi connectivity index (χ3v) is 3.79. The lowest BCUT2D eigenvalue weighted by molar-refractivity contribution is -0.139. The van der Waals surface area contributed by atoms with Crippen LogP contribution in [-0.4, -0.2) is 59.5 Å². The van der Waals surface area contributed by atoms with Gasteiger partial charge in [0.05, 0.1) is 13.0 Å². The van der Waals surface area contributed by atoms with Crippen LogP contribution in [0.2, 0.25) is 0 Å². The van der Waals surface area contributed by atoms with Crippen LogP contribution in [0.4, 0.5) is 0 Å². The van der Waals surface area contributed by atoms with Gasteiger partial charge in [0.15, 0.2) is 0 Å². The van der Waals surface area contributed by atoms with Crippen molar-refractivity contribution in [2.24, 2.45) is 0 Å². The molecule has 0 spiro atoms. The standard InChI is InChI=1S/C14H26N2O3.ClH/c1-3-16(12-7-5-4-6-8-12)13(17)11-15(2)10-9-14(18)19;/h12H,3-11H2,1-2H3,(H,18,19);1H. The highest BCUT2D eigenvalue weighted by molar-refractivity contribution is 5.85. The van der Waals surface area contributed by atoms with Crippen molar-refractivity contribution in [2.75, 3.05) is 26.7 Å². The van der Waals surface area contributed by atoms with E-state index < -0.39 is 5.97 Å². The number of carbonyl (C=O) groups excluding carboxylic acids is 1. The topological polar surface area (TPSA) is 60.9 Å². The van der Waals surface area contributed by atoms with Gasteiger partial charge in [-0.05, 0) is 26.8 Å². The molecule has 1 aliphatic carbocycles. The Morgan fingerprint density at radius 2 is 1.80 bits per heavy atom. The number of carboxylic acid groups (broad SMARTS) is 1. The first kappa shape index (κ1) is 19.2. The lowest BCUT2D eigenvalue weighted by Crippen LogP contribution is -2.45. The maximum atomic E-state index is 12.3. The largest absolute Gasteiger partial charge is 0.481 e. The van der Waals surface area contributed by atoms with Gasteiger partial charge in [-0.1, -0.05) is 19.3 Å². The fourth-order valence-electron chi connectivity index (χ4n) is 2.72. The number of carboxylic acids is 1. The Kier molecular flexibility index (Phi) is 9.59. The van der Waals surface area contributed by atoms with E-state index in [1.54, 1.807) is 11.9 Å². The van der Waals surface area contributed by atoms with Crippen molar-refractivity contribution in [1.29, 1.82) is 0 Å². The van der Waals surface area contributed by atoms with Crippen LogP contribution in [0.3, 0.4) is 0 Å². The minimum absolute atomic E-state index is 0. The first-order chi connectivity index (χ1) is 9.04. The zero-order valence-electron chi connectivity index (χ0n) is 12.5. The number of carbonyl (C=O) groups is 2. The molecule has 6 heteroatoms. The average Bonchev–Trinajstić information content (AvgIpc) is 2.38. The number of nitrogens with zero attached hydrogens (tertiary/aromatic N) is 2. The summed E-state index contributed by atoms with van der Waals surface area (Å²) in [4.78, 5) is 26.5. The summed E-state index contributed by atoms with van der Waals surface area (Å²) >= 11 is 0. The highest BCUT2D eigenvalue weighted by Gasteiger charge is 2.24. The van der Waals surface area contributed by atoms with E-state index in [1.165, 1.54) is 19.3 Å². The van der Waals surface area contributed by atoms with E-state index in [9.17, 15) is 9.59 Å². The number of hydrogen-bond donors (Lipinski definition) is 1. The molecule has 0 atom stereocenters. The number of rotatable bonds is 7. The van der Waals surface area contributed by atoms with Crippen LogP contribution in [0.25, 0.3) is 0 Å². The van der Waals surface area contributed by atoms with Crippen molar-refractivity contribution in [3.05, 3.63) is 0 Å². The van der Waals surface area contributed by atoms with Gasteiger partial charge in [0.25, 0.3) is 0 Å². The van der Waals surface area contributed by atoms with E-state index in [-0.39, 0.29) is 24.7 Å². The Morgan fingerprint density at radius 3 is 2.30 bits per heavy atom. The van der Waals surface area contributed by atoms with Gasteiger partial charge in [0.2, 0.25) is 5.91 Å². The van der Waals surface area contributed by atoms with E-state index >= 15 is 0 Å². The van der Waals surface area contributed by atoms with Crippen LogP contribution in [0.1, 0.15) is 45.4 Å². The average molecular weight is 307 g/mol. The third kappa shape index (κ3) is 6.57. The van der Waals surface area contributed by atoms with Crippen LogP contribution in [0, 0.1) is 0 Å². The van der Waals surface area contributed by atoms with Crippen LogP contribution in [0.15, 0.2) is 0 Å². The summed E-state index contributed by atoms with van der Waals surface area (Å²) < 4.78 is 0. The molecule has 0 aromatic rings. The van der Waals surface area contributed by atoms with E-state index in [0.717, 1.165) is 19.4 Å². The Labute approximate surface area is 127 Å². The second kappa shape index (κ2) is 10.00. The Hall–Kier alpha value is -0.810. The van der Waals surface area contributed by atoms with Crippen molar-refractivity contribution in [2.45, 2.75) is 51.5 Å². The van der Waals surface area contributed by atoms with Crippen LogP contribution in [0.5, 0.6) is 0 Å². The predicted octanol–water partition coefficient (Wildman–Crippen LogP) is 2.00. The smallest absolute Gasteiger partial charge is 0.304 e. The highest BCUT2D eigenvalue weighted by Crippen LogP contribution is 2.22. The molecule has 0 unspecified atom stereocenters. The van der Waals surface area contributed by atoms with Crippen LogP contribution >= 0.6 is 12.4 Å². The molecule has 1 N–H and O–H groups in total. The molecule has 0 aromatic heterocycles. The van der Waals surface area contributed by atoms with E-state index in [1.807, 2.05) is 11.8 Å². The molecule has 118 valence electrons. The van der Waals surface area contributed by atoms with Crippen molar-refractivity contribution in [3.63, 3.8) is 0 Å². The second-order valence-electron chi connectivity index (χ2n) is 5.35. The molecule has 0 aromatic carbocycles. The molecule has 0 heterocycles. The summed E-state index contributed by atoms with van der Waals surface area (Å²) in [6, 6.07) is 0.388. The molecule has 0 aliphatic heterocycles. The van der Waals surface area contributed by atoms with Gasteiger partial charge < -0.3 is 10.0 Å². The quantitative estimate of drug-likeness (QED) is 0.781. The number of likely N-dealkylation sites (N-methyl/N-ethyl adjacent to an activating group) is 2. The monoisotopic (exact) mass is 306 g/mol. The molecule has 0 radical (unpaired) electrons. The maximum Gasteiger partial charge on any atom is 0.304 e. The van der Waals surface area contributed by atoms with Gasteiger partial charge in [-0.2, -0.15) is 0 Å². The van der Waals surface area contributed by atoms with Crippen molar-refractivity contribution >= 4 is 24.3 Å².